The van der Waals surface area contributed by atoms with Gasteiger partial charge in [0.15, 0.2) is 0 Å². The average molecular weight is 386 g/mol. The van der Waals surface area contributed by atoms with Crippen molar-refractivity contribution in [1.82, 2.24) is 15.2 Å². The summed E-state index contributed by atoms with van der Waals surface area (Å²) in [5, 5.41) is 2.86. The van der Waals surface area contributed by atoms with E-state index >= 15 is 0 Å². The van der Waals surface area contributed by atoms with Crippen molar-refractivity contribution in [2.75, 3.05) is 50.8 Å². The van der Waals surface area contributed by atoms with Gasteiger partial charge in [0.1, 0.15) is 19.0 Å². The van der Waals surface area contributed by atoms with E-state index in [-0.39, 0.29) is 25.0 Å². The molecule has 1 aliphatic heterocycles. The number of hydrogen-bond donors (Lipinski definition) is 1. The zero-order chi connectivity index (χ0) is 19.6. The van der Waals surface area contributed by atoms with Crippen molar-refractivity contribution in [3.63, 3.8) is 0 Å². The van der Waals surface area contributed by atoms with Gasteiger partial charge >= 0.3 is 0 Å². The number of piperazine rings is 1. The predicted octanol–water partition coefficient (Wildman–Crippen LogP) is 1.75. The van der Waals surface area contributed by atoms with E-state index in [9.17, 15) is 9.59 Å². The molecule has 0 unspecified atom stereocenters. The highest BCUT2D eigenvalue weighted by atomic mass is 16.5. The second-order valence-electron chi connectivity index (χ2n) is 7.26. The minimum atomic E-state index is -0.163. The Morgan fingerprint density at radius 1 is 1.11 bits per heavy atom. The SMILES string of the molecule is O=C(COCC(=O)N1CCN(c2ccccn2)CC1)NCCC1=CCCCC1. The molecule has 7 heteroatoms. The van der Waals surface area contributed by atoms with Crippen molar-refractivity contribution in [2.45, 2.75) is 32.1 Å². The Balaban J connectivity index is 1.27. The molecule has 1 aromatic heterocycles. The lowest BCUT2D eigenvalue weighted by Crippen LogP contribution is -2.50. The summed E-state index contributed by atoms with van der Waals surface area (Å²) in [6.07, 6.45) is 9.80. The largest absolute Gasteiger partial charge is 0.362 e. The van der Waals surface area contributed by atoms with Crippen LogP contribution >= 0.6 is 0 Å². The van der Waals surface area contributed by atoms with Crippen LogP contribution in [0.15, 0.2) is 36.0 Å². The van der Waals surface area contributed by atoms with Crippen molar-refractivity contribution in [2.24, 2.45) is 0 Å². The van der Waals surface area contributed by atoms with E-state index < -0.39 is 0 Å². The normalized spacial score (nSPS) is 17.2. The molecular formula is C21H30N4O3. The fourth-order valence-corrected chi connectivity index (χ4v) is 3.59. The van der Waals surface area contributed by atoms with Gasteiger partial charge in [0, 0.05) is 38.9 Å². The van der Waals surface area contributed by atoms with Gasteiger partial charge in [-0.2, -0.15) is 0 Å². The molecule has 1 aliphatic carbocycles. The van der Waals surface area contributed by atoms with E-state index in [1.165, 1.54) is 18.4 Å². The molecule has 28 heavy (non-hydrogen) atoms. The summed E-state index contributed by atoms with van der Waals surface area (Å²) in [5.41, 5.74) is 1.44. The molecule has 7 nitrogen and oxygen atoms in total. The Kier molecular flexibility index (Phi) is 7.84. The van der Waals surface area contributed by atoms with Gasteiger partial charge in [0.25, 0.3) is 0 Å². The molecule has 2 aliphatic rings. The lowest BCUT2D eigenvalue weighted by molar-refractivity contribution is -0.138. The zero-order valence-corrected chi connectivity index (χ0v) is 16.4. The Morgan fingerprint density at radius 2 is 1.96 bits per heavy atom. The summed E-state index contributed by atoms with van der Waals surface area (Å²) in [7, 11) is 0. The maximum absolute atomic E-state index is 12.3. The molecule has 152 valence electrons. The first-order chi connectivity index (χ1) is 13.7. The molecule has 3 rings (SSSR count). The standard InChI is InChI=1S/C21H30N4O3/c26-20(23-11-9-18-6-2-1-3-7-18)16-28-17-21(27)25-14-12-24(13-15-25)19-8-4-5-10-22-19/h4-6,8,10H,1-3,7,9,11-17H2,(H,23,26). The maximum atomic E-state index is 12.3. The first kappa shape index (κ1) is 20.3. The monoisotopic (exact) mass is 386 g/mol. The molecule has 0 atom stereocenters. The third kappa shape index (κ3) is 6.34. The third-order valence-corrected chi connectivity index (χ3v) is 5.22. The number of aromatic nitrogens is 1. The first-order valence-electron chi connectivity index (χ1n) is 10.2. The number of rotatable bonds is 8. The van der Waals surface area contributed by atoms with E-state index in [1.54, 1.807) is 11.1 Å². The molecule has 0 aromatic carbocycles. The Hall–Kier alpha value is -2.41. The van der Waals surface area contributed by atoms with Gasteiger partial charge in [-0.05, 0) is 44.2 Å². The average Bonchev–Trinajstić information content (AvgIpc) is 2.75. The van der Waals surface area contributed by atoms with Crippen molar-refractivity contribution in [3.05, 3.63) is 36.0 Å². The van der Waals surface area contributed by atoms with Crippen LogP contribution in [0.3, 0.4) is 0 Å². The van der Waals surface area contributed by atoms with Crippen LogP contribution in [0.2, 0.25) is 0 Å². The van der Waals surface area contributed by atoms with Crippen LogP contribution in [0.1, 0.15) is 32.1 Å². The van der Waals surface area contributed by atoms with Gasteiger partial charge in [-0.1, -0.05) is 17.7 Å². The molecule has 1 fully saturated rings. The molecule has 1 N–H and O–H groups in total. The number of nitrogens with one attached hydrogen (secondary N) is 1. The number of anilines is 1. The molecule has 0 spiro atoms. The molecular weight excluding hydrogens is 356 g/mol. The molecule has 1 saturated heterocycles. The maximum Gasteiger partial charge on any atom is 0.248 e. The fraction of sp³-hybridized carbons (Fsp3) is 0.571. The van der Waals surface area contributed by atoms with E-state index in [0.717, 1.165) is 38.2 Å². The number of hydrogen-bond acceptors (Lipinski definition) is 5. The summed E-state index contributed by atoms with van der Waals surface area (Å²) < 4.78 is 5.32. The van der Waals surface area contributed by atoms with E-state index in [0.29, 0.717) is 19.6 Å². The van der Waals surface area contributed by atoms with Crippen molar-refractivity contribution >= 4 is 17.6 Å². The van der Waals surface area contributed by atoms with Gasteiger partial charge < -0.3 is 19.9 Å². The zero-order valence-electron chi connectivity index (χ0n) is 16.4. The minimum absolute atomic E-state index is 0.0534. The molecule has 2 heterocycles. The van der Waals surface area contributed by atoms with Crippen molar-refractivity contribution in [3.8, 4) is 0 Å². The van der Waals surface area contributed by atoms with Crippen LogP contribution in [0, 0.1) is 0 Å². The van der Waals surface area contributed by atoms with Crippen LogP contribution in [0.25, 0.3) is 0 Å². The fourth-order valence-electron chi connectivity index (χ4n) is 3.59. The number of ether oxygens (including phenoxy) is 1. The Labute approximate surface area is 166 Å². The number of amides is 2. The number of nitrogens with zero attached hydrogens (tertiary/aromatic N) is 3. The molecule has 0 radical (unpaired) electrons. The van der Waals surface area contributed by atoms with E-state index in [4.69, 9.17) is 4.74 Å². The van der Waals surface area contributed by atoms with E-state index in [2.05, 4.69) is 21.3 Å². The Bertz CT molecular complexity index is 669. The van der Waals surface area contributed by atoms with Crippen LogP contribution < -0.4 is 10.2 Å². The van der Waals surface area contributed by atoms with Crippen molar-refractivity contribution in [1.29, 1.82) is 0 Å². The number of pyridine rings is 1. The lowest BCUT2D eigenvalue weighted by atomic mass is 9.97. The highest BCUT2D eigenvalue weighted by Gasteiger charge is 2.21. The smallest absolute Gasteiger partial charge is 0.248 e. The van der Waals surface area contributed by atoms with Crippen LogP contribution in [-0.4, -0.2) is 67.6 Å². The summed E-state index contributed by atoms with van der Waals surface area (Å²) in [6, 6.07) is 5.83. The molecule has 1 aromatic rings. The lowest BCUT2D eigenvalue weighted by Gasteiger charge is -2.35. The number of allylic oxidation sites excluding steroid dienone is 1. The second-order valence-corrected chi connectivity index (χ2v) is 7.26. The number of carbonyl (C=O) groups is 2. The van der Waals surface area contributed by atoms with Crippen LogP contribution in [0.4, 0.5) is 5.82 Å². The highest BCUT2D eigenvalue weighted by molar-refractivity contribution is 5.79. The molecule has 0 bridgehead atoms. The quantitative estimate of drug-likeness (QED) is 0.689. The Morgan fingerprint density at radius 3 is 2.68 bits per heavy atom. The topological polar surface area (TPSA) is 74.8 Å². The van der Waals surface area contributed by atoms with E-state index in [1.807, 2.05) is 18.2 Å². The minimum Gasteiger partial charge on any atom is -0.362 e. The van der Waals surface area contributed by atoms with Gasteiger partial charge in [0.05, 0.1) is 0 Å². The van der Waals surface area contributed by atoms with Crippen molar-refractivity contribution < 1.29 is 14.3 Å². The summed E-state index contributed by atoms with van der Waals surface area (Å²) in [4.78, 5) is 32.4. The summed E-state index contributed by atoms with van der Waals surface area (Å²) in [6.45, 7) is 3.29. The van der Waals surface area contributed by atoms with Crippen LogP contribution in [-0.2, 0) is 14.3 Å². The predicted molar refractivity (Wildman–Crippen MR) is 108 cm³/mol. The second kappa shape index (κ2) is 10.8. The first-order valence-corrected chi connectivity index (χ1v) is 10.2. The van der Waals surface area contributed by atoms with Crippen LogP contribution in [0.5, 0.6) is 0 Å². The van der Waals surface area contributed by atoms with Gasteiger partial charge in [-0.15, -0.1) is 0 Å². The highest BCUT2D eigenvalue weighted by Crippen LogP contribution is 2.19. The summed E-state index contributed by atoms with van der Waals surface area (Å²) >= 11 is 0. The third-order valence-electron chi connectivity index (χ3n) is 5.22. The van der Waals surface area contributed by atoms with Gasteiger partial charge in [-0.3, -0.25) is 9.59 Å². The molecule has 2 amide bonds. The van der Waals surface area contributed by atoms with Gasteiger partial charge in [0.2, 0.25) is 11.8 Å². The number of carbonyl (C=O) groups excluding carboxylic acids is 2. The molecule has 0 saturated carbocycles. The van der Waals surface area contributed by atoms with Gasteiger partial charge in [-0.25, -0.2) is 4.98 Å². The summed E-state index contributed by atoms with van der Waals surface area (Å²) in [5.74, 6) is 0.705.